The number of para-hydroxylation sites is 1. The van der Waals surface area contributed by atoms with Crippen molar-refractivity contribution in [1.29, 1.82) is 0 Å². The zero-order chi connectivity index (χ0) is 19.2. The van der Waals surface area contributed by atoms with Gasteiger partial charge in [-0.2, -0.15) is 0 Å². The number of nitrogens with zero attached hydrogens (tertiary/aromatic N) is 3. The molecule has 0 atom stereocenters. The molecule has 0 spiro atoms. The molecule has 0 bridgehead atoms. The molecule has 7 heteroatoms. The van der Waals surface area contributed by atoms with E-state index in [1.807, 2.05) is 53.1 Å². The second-order valence-electron chi connectivity index (χ2n) is 5.49. The number of benzene rings is 2. The van der Waals surface area contributed by atoms with Crippen LogP contribution >= 0.6 is 11.8 Å². The van der Waals surface area contributed by atoms with E-state index in [-0.39, 0.29) is 0 Å². The Morgan fingerprint density at radius 3 is 2.22 bits per heavy atom. The molecule has 3 aromatic rings. The molecule has 1 aromatic heterocycles. The van der Waals surface area contributed by atoms with Gasteiger partial charge in [-0.15, -0.1) is 16.8 Å². The Bertz CT molecular complexity index is 900. The number of aromatic nitrogens is 3. The minimum atomic E-state index is 0.538. The lowest BCUT2D eigenvalue weighted by molar-refractivity contribution is 0.324. The van der Waals surface area contributed by atoms with Gasteiger partial charge in [-0.3, -0.25) is 4.57 Å². The van der Waals surface area contributed by atoms with E-state index in [4.69, 9.17) is 14.2 Å². The van der Waals surface area contributed by atoms with E-state index < -0.39 is 0 Å². The van der Waals surface area contributed by atoms with Crippen LogP contribution in [0.5, 0.6) is 17.2 Å². The SMILES string of the molecule is C=CCSc1nnc(-c2cc(OC)c(OC)c(OC)c2)n1-c1ccccc1. The molecule has 1 heterocycles. The predicted molar refractivity (Wildman–Crippen MR) is 107 cm³/mol. The highest BCUT2D eigenvalue weighted by atomic mass is 32.2. The van der Waals surface area contributed by atoms with Crippen molar-refractivity contribution in [2.45, 2.75) is 5.16 Å². The van der Waals surface area contributed by atoms with Gasteiger partial charge in [0.2, 0.25) is 5.75 Å². The number of ether oxygens (including phenoxy) is 3. The summed E-state index contributed by atoms with van der Waals surface area (Å²) in [6, 6.07) is 13.7. The van der Waals surface area contributed by atoms with E-state index in [2.05, 4.69) is 16.8 Å². The largest absolute Gasteiger partial charge is 0.493 e. The van der Waals surface area contributed by atoms with Gasteiger partial charge in [0.1, 0.15) is 0 Å². The van der Waals surface area contributed by atoms with Crippen molar-refractivity contribution >= 4 is 11.8 Å². The summed E-state index contributed by atoms with van der Waals surface area (Å²) in [7, 11) is 4.76. The van der Waals surface area contributed by atoms with E-state index in [1.165, 1.54) is 0 Å². The third-order valence-electron chi connectivity index (χ3n) is 3.90. The summed E-state index contributed by atoms with van der Waals surface area (Å²) in [5, 5.41) is 9.59. The van der Waals surface area contributed by atoms with Crippen LogP contribution < -0.4 is 14.2 Å². The van der Waals surface area contributed by atoms with E-state index in [1.54, 1.807) is 33.1 Å². The first kappa shape index (κ1) is 18.8. The number of thioether (sulfide) groups is 1. The quantitative estimate of drug-likeness (QED) is 0.428. The molecule has 0 fully saturated rings. The summed E-state index contributed by atoms with van der Waals surface area (Å²) in [4.78, 5) is 0. The van der Waals surface area contributed by atoms with Crippen molar-refractivity contribution in [3.63, 3.8) is 0 Å². The van der Waals surface area contributed by atoms with Gasteiger partial charge in [0.25, 0.3) is 0 Å². The van der Waals surface area contributed by atoms with E-state index in [9.17, 15) is 0 Å². The van der Waals surface area contributed by atoms with Crippen LogP contribution in [-0.2, 0) is 0 Å². The summed E-state index contributed by atoms with van der Waals surface area (Å²) >= 11 is 1.57. The Hall–Kier alpha value is -2.93. The molecule has 6 nitrogen and oxygen atoms in total. The Morgan fingerprint density at radius 2 is 1.67 bits per heavy atom. The normalized spacial score (nSPS) is 10.5. The maximum atomic E-state index is 5.48. The molecule has 0 saturated carbocycles. The Morgan fingerprint density at radius 1 is 1.00 bits per heavy atom. The third kappa shape index (κ3) is 3.78. The maximum absolute atomic E-state index is 5.48. The highest BCUT2D eigenvalue weighted by molar-refractivity contribution is 7.99. The van der Waals surface area contributed by atoms with Gasteiger partial charge in [0, 0.05) is 17.0 Å². The number of methoxy groups -OCH3 is 3. The first-order valence-electron chi connectivity index (χ1n) is 8.28. The second-order valence-corrected chi connectivity index (χ2v) is 6.48. The molecule has 0 radical (unpaired) electrons. The van der Waals surface area contributed by atoms with Gasteiger partial charge in [0.05, 0.1) is 21.3 Å². The molecule has 0 N–H and O–H groups in total. The fourth-order valence-corrected chi connectivity index (χ4v) is 3.39. The Balaban J connectivity index is 2.20. The topological polar surface area (TPSA) is 58.4 Å². The van der Waals surface area contributed by atoms with Gasteiger partial charge in [-0.1, -0.05) is 36.0 Å². The summed E-state index contributed by atoms with van der Waals surface area (Å²) in [5.41, 5.74) is 1.78. The second kappa shape index (κ2) is 8.64. The smallest absolute Gasteiger partial charge is 0.203 e. The molecule has 0 amide bonds. The van der Waals surface area contributed by atoms with Gasteiger partial charge in [0.15, 0.2) is 22.5 Å². The zero-order valence-electron chi connectivity index (χ0n) is 15.5. The van der Waals surface area contributed by atoms with Crippen LogP contribution in [0.15, 0.2) is 60.3 Å². The summed E-state index contributed by atoms with van der Waals surface area (Å²) in [6.07, 6.45) is 1.84. The molecule has 0 aliphatic heterocycles. The van der Waals surface area contributed by atoms with Crippen LogP contribution in [0, 0.1) is 0 Å². The van der Waals surface area contributed by atoms with Crippen molar-refractivity contribution in [3.05, 3.63) is 55.1 Å². The molecule has 3 rings (SSSR count). The molecule has 140 valence electrons. The van der Waals surface area contributed by atoms with E-state index >= 15 is 0 Å². The first-order chi connectivity index (χ1) is 13.2. The monoisotopic (exact) mass is 383 g/mol. The zero-order valence-corrected chi connectivity index (χ0v) is 16.3. The van der Waals surface area contributed by atoms with Crippen LogP contribution in [0.4, 0.5) is 0 Å². The molecule has 0 unspecified atom stereocenters. The van der Waals surface area contributed by atoms with Crippen molar-refractivity contribution in [2.75, 3.05) is 27.1 Å². The first-order valence-corrected chi connectivity index (χ1v) is 9.27. The molecule has 0 aliphatic rings. The third-order valence-corrected chi connectivity index (χ3v) is 4.83. The highest BCUT2D eigenvalue weighted by Crippen LogP contribution is 2.41. The maximum Gasteiger partial charge on any atom is 0.203 e. The average Bonchev–Trinajstić information content (AvgIpc) is 3.15. The fourth-order valence-electron chi connectivity index (χ4n) is 2.70. The lowest BCUT2D eigenvalue weighted by Crippen LogP contribution is -2.01. The molecule has 27 heavy (non-hydrogen) atoms. The number of rotatable bonds is 8. The Kier molecular flexibility index (Phi) is 6.03. The fraction of sp³-hybridized carbons (Fsp3) is 0.200. The highest BCUT2D eigenvalue weighted by Gasteiger charge is 2.20. The van der Waals surface area contributed by atoms with Crippen LogP contribution in [0.2, 0.25) is 0 Å². The molecule has 0 aliphatic carbocycles. The van der Waals surface area contributed by atoms with Gasteiger partial charge >= 0.3 is 0 Å². The molecule has 0 saturated heterocycles. The van der Waals surface area contributed by atoms with E-state index in [0.29, 0.717) is 23.1 Å². The van der Waals surface area contributed by atoms with Crippen LogP contribution in [0.1, 0.15) is 0 Å². The number of hydrogen-bond acceptors (Lipinski definition) is 6. The minimum absolute atomic E-state index is 0.538. The van der Waals surface area contributed by atoms with Crippen LogP contribution in [0.3, 0.4) is 0 Å². The van der Waals surface area contributed by atoms with Crippen molar-refractivity contribution in [3.8, 4) is 34.3 Å². The van der Waals surface area contributed by atoms with Crippen molar-refractivity contribution < 1.29 is 14.2 Å². The summed E-state index contributed by atoms with van der Waals surface area (Å²) in [6.45, 7) is 3.78. The van der Waals surface area contributed by atoms with Gasteiger partial charge in [-0.25, -0.2) is 0 Å². The van der Waals surface area contributed by atoms with Crippen LogP contribution in [0.25, 0.3) is 17.1 Å². The number of hydrogen-bond donors (Lipinski definition) is 0. The van der Waals surface area contributed by atoms with Crippen molar-refractivity contribution in [1.82, 2.24) is 14.8 Å². The molecular weight excluding hydrogens is 362 g/mol. The average molecular weight is 383 g/mol. The van der Waals surface area contributed by atoms with Crippen molar-refractivity contribution in [2.24, 2.45) is 0 Å². The Labute approximate surface area is 162 Å². The lowest BCUT2D eigenvalue weighted by atomic mass is 10.1. The van der Waals surface area contributed by atoms with Gasteiger partial charge in [-0.05, 0) is 24.3 Å². The lowest BCUT2D eigenvalue weighted by Gasteiger charge is -2.15. The standard InChI is InChI=1S/C20H21N3O3S/c1-5-11-27-20-22-21-19(23(20)15-9-7-6-8-10-15)14-12-16(24-2)18(26-4)17(13-14)25-3/h5-10,12-13H,1,11H2,2-4H3. The predicted octanol–water partition coefficient (Wildman–Crippen LogP) is 4.24. The molecule has 2 aromatic carbocycles. The minimum Gasteiger partial charge on any atom is -0.493 e. The van der Waals surface area contributed by atoms with Gasteiger partial charge < -0.3 is 14.2 Å². The van der Waals surface area contributed by atoms with Crippen LogP contribution in [-0.4, -0.2) is 41.8 Å². The van der Waals surface area contributed by atoms with E-state index in [0.717, 1.165) is 22.2 Å². The summed E-state index contributed by atoms with van der Waals surface area (Å²) in [5.74, 6) is 3.09. The summed E-state index contributed by atoms with van der Waals surface area (Å²) < 4.78 is 18.4. The molecular formula is C20H21N3O3S.